The fraction of sp³-hybridized carbons (Fsp3) is 0.562. The minimum atomic E-state index is -0.301. The number of piperidine rings is 1. The van der Waals surface area contributed by atoms with E-state index in [2.05, 4.69) is 12.2 Å². The second kappa shape index (κ2) is 6.75. The predicted molar refractivity (Wildman–Crippen MR) is 77.6 cm³/mol. The Morgan fingerprint density at radius 3 is 2.75 bits per heavy atom. The van der Waals surface area contributed by atoms with Crippen molar-refractivity contribution < 1.29 is 14.3 Å². The van der Waals surface area contributed by atoms with Gasteiger partial charge in [0.15, 0.2) is 0 Å². The average Bonchev–Trinajstić information content (AvgIpc) is 2.53. The third-order valence-electron chi connectivity index (χ3n) is 4.17. The Bertz CT molecular complexity index is 453. The highest BCUT2D eigenvalue weighted by Crippen LogP contribution is 2.34. The van der Waals surface area contributed by atoms with Gasteiger partial charge in [-0.3, -0.25) is 4.79 Å². The lowest BCUT2D eigenvalue weighted by Crippen LogP contribution is -2.42. The molecule has 1 aliphatic rings. The molecule has 1 aliphatic heterocycles. The highest BCUT2D eigenvalue weighted by atomic mass is 16.5. The second-order valence-electron chi connectivity index (χ2n) is 5.31. The molecule has 1 heterocycles. The summed E-state index contributed by atoms with van der Waals surface area (Å²) in [5, 5.41) is 3.29. The molecule has 0 unspecified atom stereocenters. The summed E-state index contributed by atoms with van der Waals surface area (Å²) in [6, 6.07) is 7.62. The maximum Gasteiger partial charge on any atom is 0.312 e. The van der Waals surface area contributed by atoms with Crippen LogP contribution in [-0.2, 0) is 16.1 Å². The first-order valence-corrected chi connectivity index (χ1v) is 7.21. The first-order valence-electron chi connectivity index (χ1n) is 7.21. The Hall–Kier alpha value is -1.55. The van der Waals surface area contributed by atoms with Crippen molar-refractivity contribution in [3.8, 4) is 5.75 Å². The zero-order chi connectivity index (χ0) is 14.4. The van der Waals surface area contributed by atoms with E-state index in [0.29, 0.717) is 6.61 Å². The molecule has 4 heteroatoms. The van der Waals surface area contributed by atoms with Gasteiger partial charge in [0.2, 0.25) is 0 Å². The van der Waals surface area contributed by atoms with E-state index in [-0.39, 0.29) is 11.4 Å². The van der Waals surface area contributed by atoms with Crippen LogP contribution >= 0.6 is 0 Å². The van der Waals surface area contributed by atoms with Gasteiger partial charge in [-0.15, -0.1) is 0 Å². The van der Waals surface area contributed by atoms with E-state index in [0.717, 1.165) is 43.7 Å². The number of hydrogen-bond acceptors (Lipinski definition) is 4. The Kier molecular flexibility index (Phi) is 5.01. The molecule has 0 aromatic heterocycles. The van der Waals surface area contributed by atoms with Crippen LogP contribution in [0, 0.1) is 5.41 Å². The SMILES string of the molecule is CCC1(C(=O)OCc2cccc(OC)c2)CCNCC1. The molecule has 0 bridgehead atoms. The Morgan fingerprint density at radius 1 is 1.35 bits per heavy atom. The van der Waals surface area contributed by atoms with Gasteiger partial charge in [0.05, 0.1) is 12.5 Å². The Morgan fingerprint density at radius 2 is 2.10 bits per heavy atom. The minimum absolute atomic E-state index is 0.0654. The number of rotatable bonds is 5. The smallest absolute Gasteiger partial charge is 0.312 e. The van der Waals surface area contributed by atoms with Crippen LogP contribution in [0.4, 0.5) is 0 Å². The van der Waals surface area contributed by atoms with Crippen LogP contribution in [0.25, 0.3) is 0 Å². The van der Waals surface area contributed by atoms with E-state index in [1.54, 1.807) is 7.11 Å². The summed E-state index contributed by atoms with van der Waals surface area (Å²) in [6.07, 6.45) is 2.56. The number of carbonyl (C=O) groups excluding carboxylic acids is 1. The van der Waals surface area contributed by atoms with Gasteiger partial charge in [-0.2, -0.15) is 0 Å². The summed E-state index contributed by atoms with van der Waals surface area (Å²) in [4.78, 5) is 12.4. The zero-order valence-corrected chi connectivity index (χ0v) is 12.3. The van der Waals surface area contributed by atoms with Crippen molar-refractivity contribution in [3.63, 3.8) is 0 Å². The molecule has 110 valence electrons. The van der Waals surface area contributed by atoms with Crippen LogP contribution in [0.3, 0.4) is 0 Å². The molecule has 0 atom stereocenters. The molecule has 0 spiro atoms. The maximum absolute atomic E-state index is 12.4. The van der Waals surface area contributed by atoms with Crippen LogP contribution in [-0.4, -0.2) is 26.2 Å². The number of esters is 1. The minimum Gasteiger partial charge on any atom is -0.497 e. The number of methoxy groups -OCH3 is 1. The summed E-state index contributed by atoms with van der Waals surface area (Å²) in [5.41, 5.74) is 0.655. The first-order chi connectivity index (χ1) is 9.70. The van der Waals surface area contributed by atoms with Gasteiger partial charge < -0.3 is 14.8 Å². The van der Waals surface area contributed by atoms with E-state index in [4.69, 9.17) is 9.47 Å². The number of ether oxygens (including phenoxy) is 2. The lowest BCUT2D eigenvalue weighted by molar-refractivity contribution is -0.159. The quantitative estimate of drug-likeness (QED) is 0.840. The second-order valence-corrected chi connectivity index (χ2v) is 5.31. The molecule has 1 N–H and O–H groups in total. The van der Waals surface area contributed by atoms with E-state index in [9.17, 15) is 4.79 Å². The van der Waals surface area contributed by atoms with Gasteiger partial charge >= 0.3 is 5.97 Å². The number of carbonyl (C=O) groups is 1. The fourth-order valence-corrected chi connectivity index (χ4v) is 2.67. The molecular formula is C16H23NO3. The normalized spacial score (nSPS) is 17.5. The van der Waals surface area contributed by atoms with Crippen molar-refractivity contribution in [1.29, 1.82) is 0 Å². The summed E-state index contributed by atoms with van der Waals surface area (Å²) in [6.45, 7) is 4.16. The van der Waals surface area contributed by atoms with Crippen molar-refractivity contribution in [2.45, 2.75) is 32.8 Å². The van der Waals surface area contributed by atoms with Gasteiger partial charge in [-0.25, -0.2) is 0 Å². The largest absolute Gasteiger partial charge is 0.497 e. The van der Waals surface area contributed by atoms with E-state index < -0.39 is 0 Å². The molecule has 1 fully saturated rings. The van der Waals surface area contributed by atoms with Gasteiger partial charge in [-0.05, 0) is 50.0 Å². The van der Waals surface area contributed by atoms with Crippen molar-refractivity contribution in [3.05, 3.63) is 29.8 Å². The molecule has 0 saturated carbocycles. The Labute approximate surface area is 120 Å². The summed E-state index contributed by atoms with van der Waals surface area (Å²) < 4.78 is 10.7. The lowest BCUT2D eigenvalue weighted by Gasteiger charge is -2.34. The van der Waals surface area contributed by atoms with Crippen molar-refractivity contribution >= 4 is 5.97 Å². The van der Waals surface area contributed by atoms with Gasteiger partial charge in [0, 0.05) is 0 Å². The highest BCUT2D eigenvalue weighted by Gasteiger charge is 2.39. The molecule has 4 nitrogen and oxygen atoms in total. The van der Waals surface area contributed by atoms with E-state index in [1.807, 2.05) is 24.3 Å². The first kappa shape index (κ1) is 14.9. The van der Waals surface area contributed by atoms with Crippen LogP contribution in [0.2, 0.25) is 0 Å². The topological polar surface area (TPSA) is 47.6 Å². The molecule has 1 aromatic rings. The zero-order valence-electron chi connectivity index (χ0n) is 12.3. The molecular weight excluding hydrogens is 254 g/mol. The van der Waals surface area contributed by atoms with Crippen molar-refractivity contribution in [2.75, 3.05) is 20.2 Å². The number of benzene rings is 1. The lowest BCUT2D eigenvalue weighted by atomic mass is 9.77. The van der Waals surface area contributed by atoms with Crippen LogP contribution in [0.1, 0.15) is 31.7 Å². The van der Waals surface area contributed by atoms with Crippen LogP contribution < -0.4 is 10.1 Å². The molecule has 0 amide bonds. The Balaban J connectivity index is 1.96. The van der Waals surface area contributed by atoms with E-state index in [1.165, 1.54) is 0 Å². The maximum atomic E-state index is 12.4. The molecule has 2 rings (SSSR count). The summed E-state index contributed by atoms with van der Waals surface area (Å²) in [5.74, 6) is 0.718. The van der Waals surface area contributed by atoms with Gasteiger partial charge in [0.1, 0.15) is 12.4 Å². The molecule has 0 radical (unpaired) electrons. The van der Waals surface area contributed by atoms with Crippen LogP contribution in [0.5, 0.6) is 5.75 Å². The van der Waals surface area contributed by atoms with Gasteiger partial charge in [-0.1, -0.05) is 19.1 Å². The standard InChI is InChI=1S/C16H23NO3/c1-3-16(7-9-17-10-8-16)15(18)20-12-13-5-4-6-14(11-13)19-2/h4-6,11,17H,3,7-10,12H2,1-2H3. The fourth-order valence-electron chi connectivity index (χ4n) is 2.67. The van der Waals surface area contributed by atoms with Gasteiger partial charge in [0.25, 0.3) is 0 Å². The highest BCUT2D eigenvalue weighted by molar-refractivity contribution is 5.77. The third-order valence-corrected chi connectivity index (χ3v) is 4.17. The molecule has 1 aromatic carbocycles. The molecule has 0 aliphatic carbocycles. The number of nitrogens with one attached hydrogen (secondary N) is 1. The molecule has 20 heavy (non-hydrogen) atoms. The predicted octanol–water partition coefficient (Wildman–Crippen LogP) is 2.52. The average molecular weight is 277 g/mol. The monoisotopic (exact) mass is 277 g/mol. The van der Waals surface area contributed by atoms with E-state index >= 15 is 0 Å². The third kappa shape index (κ3) is 3.31. The summed E-state index contributed by atoms with van der Waals surface area (Å²) >= 11 is 0. The summed E-state index contributed by atoms with van der Waals surface area (Å²) in [7, 11) is 1.63. The number of hydrogen-bond donors (Lipinski definition) is 1. The van der Waals surface area contributed by atoms with Crippen molar-refractivity contribution in [1.82, 2.24) is 5.32 Å². The van der Waals surface area contributed by atoms with Crippen molar-refractivity contribution in [2.24, 2.45) is 5.41 Å². The molecule has 1 saturated heterocycles. The van der Waals surface area contributed by atoms with Crippen LogP contribution in [0.15, 0.2) is 24.3 Å².